The van der Waals surface area contributed by atoms with Gasteiger partial charge in [-0.1, -0.05) is 31.4 Å². The summed E-state index contributed by atoms with van der Waals surface area (Å²) in [5.41, 5.74) is -1.19. The van der Waals surface area contributed by atoms with Crippen LogP contribution in [0.3, 0.4) is 0 Å². The Hall–Kier alpha value is -2.29. The molecule has 162 valence electrons. The third kappa shape index (κ3) is 3.64. The zero-order valence-electron chi connectivity index (χ0n) is 16.5. The van der Waals surface area contributed by atoms with E-state index >= 15 is 0 Å². The number of hydrogen-bond donors (Lipinski definition) is 0. The Morgan fingerprint density at radius 2 is 1.97 bits per heavy atom. The first-order chi connectivity index (χ1) is 14.2. The lowest BCUT2D eigenvalue weighted by Crippen LogP contribution is -2.55. The summed E-state index contributed by atoms with van der Waals surface area (Å²) in [7, 11) is 0. The molecule has 10 heteroatoms. The van der Waals surface area contributed by atoms with E-state index < -0.39 is 23.3 Å². The molecule has 2 aromatic heterocycles. The highest BCUT2D eigenvalue weighted by Gasteiger charge is 2.38. The van der Waals surface area contributed by atoms with Crippen LogP contribution in [0.15, 0.2) is 12.3 Å². The van der Waals surface area contributed by atoms with Gasteiger partial charge in [-0.25, -0.2) is 4.98 Å². The van der Waals surface area contributed by atoms with E-state index in [0.717, 1.165) is 36.2 Å². The number of hydrogen-bond acceptors (Lipinski definition) is 3. The molecule has 1 saturated carbocycles. The largest absolute Gasteiger partial charge is 0.419 e. The monoisotopic (exact) mass is 442 g/mol. The molecule has 0 unspecified atom stereocenters. The molecule has 0 spiro atoms. The second-order valence-electron chi connectivity index (χ2n) is 7.81. The minimum absolute atomic E-state index is 0.119. The predicted molar refractivity (Wildman–Crippen MR) is 104 cm³/mol. The summed E-state index contributed by atoms with van der Waals surface area (Å²) in [4.78, 5) is 32.6. The molecule has 0 radical (unpaired) electrons. The minimum atomic E-state index is -4.63. The molecule has 1 aliphatic heterocycles. The lowest BCUT2D eigenvalue weighted by Gasteiger charge is -2.37. The summed E-state index contributed by atoms with van der Waals surface area (Å²) in [6.07, 6.45) is 1.32. The molecular formula is C20H22ClF3N4O2. The summed E-state index contributed by atoms with van der Waals surface area (Å²) in [6.45, 7) is 2.32. The van der Waals surface area contributed by atoms with Gasteiger partial charge < -0.3 is 9.80 Å². The highest BCUT2D eigenvalue weighted by atomic mass is 35.5. The SMILES string of the molecule is CCc1cc(C(F)(F)F)c2nc(C(=O)N3CCN(C4CCCC4)C(=O)C3)c(Cl)n2c1. The Balaban J connectivity index is 1.64. The Kier molecular flexibility index (Phi) is 5.42. The molecule has 1 aliphatic carbocycles. The lowest BCUT2D eigenvalue weighted by molar-refractivity contribution is -0.137. The lowest BCUT2D eigenvalue weighted by atomic mass is 10.1. The van der Waals surface area contributed by atoms with E-state index in [1.54, 1.807) is 6.92 Å². The third-order valence-corrected chi connectivity index (χ3v) is 6.31. The summed E-state index contributed by atoms with van der Waals surface area (Å²) in [5.74, 6) is -0.778. The third-order valence-electron chi connectivity index (χ3n) is 5.94. The first kappa shape index (κ1) is 21.0. The number of rotatable bonds is 3. The maximum atomic E-state index is 13.5. The van der Waals surface area contributed by atoms with Crippen LogP contribution in [0, 0.1) is 0 Å². The van der Waals surface area contributed by atoms with Crippen LogP contribution in [0.4, 0.5) is 13.2 Å². The Bertz CT molecular complexity index is 998. The second-order valence-corrected chi connectivity index (χ2v) is 8.17. The number of pyridine rings is 1. The Labute approximate surface area is 176 Å². The van der Waals surface area contributed by atoms with Gasteiger partial charge in [0.25, 0.3) is 5.91 Å². The Morgan fingerprint density at radius 3 is 2.57 bits per heavy atom. The van der Waals surface area contributed by atoms with Gasteiger partial charge in [0.15, 0.2) is 11.3 Å². The number of aryl methyl sites for hydroxylation is 1. The van der Waals surface area contributed by atoms with Gasteiger partial charge in [0, 0.05) is 25.3 Å². The van der Waals surface area contributed by atoms with Gasteiger partial charge in [-0.15, -0.1) is 0 Å². The highest BCUT2D eigenvalue weighted by Crippen LogP contribution is 2.35. The van der Waals surface area contributed by atoms with E-state index in [1.807, 2.05) is 4.90 Å². The predicted octanol–water partition coefficient (Wildman–Crippen LogP) is 3.80. The van der Waals surface area contributed by atoms with Gasteiger partial charge in [0.1, 0.15) is 11.7 Å². The molecule has 2 aromatic rings. The summed E-state index contributed by atoms with van der Waals surface area (Å²) in [6, 6.07) is 1.24. The first-order valence-corrected chi connectivity index (χ1v) is 10.4. The fourth-order valence-corrected chi connectivity index (χ4v) is 4.58. The van der Waals surface area contributed by atoms with Crippen molar-refractivity contribution in [1.29, 1.82) is 0 Å². The van der Waals surface area contributed by atoms with Crippen LogP contribution in [0.5, 0.6) is 0 Å². The van der Waals surface area contributed by atoms with Gasteiger partial charge in [-0.05, 0) is 30.9 Å². The first-order valence-electron chi connectivity index (χ1n) is 10.1. The molecule has 2 amide bonds. The van der Waals surface area contributed by atoms with Gasteiger partial charge in [-0.3, -0.25) is 14.0 Å². The number of alkyl halides is 3. The van der Waals surface area contributed by atoms with E-state index in [-0.39, 0.29) is 29.3 Å². The number of imidazole rings is 1. The summed E-state index contributed by atoms with van der Waals surface area (Å²) in [5, 5.41) is -0.179. The average Bonchev–Trinajstić information content (AvgIpc) is 3.34. The van der Waals surface area contributed by atoms with Crippen molar-refractivity contribution in [2.24, 2.45) is 0 Å². The molecular weight excluding hydrogens is 421 g/mol. The van der Waals surface area contributed by atoms with Crippen LogP contribution in [-0.4, -0.2) is 56.7 Å². The molecule has 0 atom stereocenters. The van der Waals surface area contributed by atoms with Gasteiger partial charge in [-0.2, -0.15) is 13.2 Å². The van der Waals surface area contributed by atoms with Crippen molar-refractivity contribution in [2.45, 2.75) is 51.2 Å². The number of piperazine rings is 1. The molecule has 2 aliphatic rings. The average molecular weight is 443 g/mol. The summed E-state index contributed by atoms with van der Waals surface area (Å²) < 4.78 is 41.7. The number of carbonyl (C=O) groups is 2. The molecule has 0 aromatic carbocycles. The van der Waals surface area contributed by atoms with Gasteiger partial charge in [0.2, 0.25) is 5.91 Å². The molecule has 6 nitrogen and oxygen atoms in total. The Morgan fingerprint density at radius 1 is 1.27 bits per heavy atom. The van der Waals surface area contributed by atoms with Crippen LogP contribution in [0.1, 0.15) is 54.2 Å². The molecule has 2 fully saturated rings. The number of halogens is 4. The standard InChI is InChI=1S/C20H22ClF3N4O2/c1-2-12-9-14(20(22,23)24)18-25-16(17(21)28(18)10-12)19(30)26-7-8-27(15(29)11-26)13-5-3-4-6-13/h9-10,13H,2-8,11H2,1H3. The van der Waals surface area contributed by atoms with Crippen molar-refractivity contribution < 1.29 is 22.8 Å². The van der Waals surface area contributed by atoms with Gasteiger partial charge >= 0.3 is 6.18 Å². The van der Waals surface area contributed by atoms with Gasteiger partial charge in [0.05, 0.1) is 5.56 Å². The quantitative estimate of drug-likeness (QED) is 0.726. The smallest absolute Gasteiger partial charge is 0.336 e. The van der Waals surface area contributed by atoms with E-state index in [4.69, 9.17) is 11.6 Å². The number of fused-ring (bicyclic) bond motifs is 1. The van der Waals surface area contributed by atoms with E-state index in [0.29, 0.717) is 25.1 Å². The van der Waals surface area contributed by atoms with Crippen LogP contribution in [0.2, 0.25) is 5.15 Å². The maximum Gasteiger partial charge on any atom is 0.419 e. The fraction of sp³-hybridized carbons (Fsp3) is 0.550. The molecule has 3 heterocycles. The van der Waals surface area contributed by atoms with Crippen molar-refractivity contribution in [1.82, 2.24) is 19.2 Å². The molecule has 4 rings (SSSR count). The van der Waals surface area contributed by atoms with Crippen LogP contribution in [-0.2, 0) is 17.4 Å². The van der Waals surface area contributed by atoms with Crippen LogP contribution in [0.25, 0.3) is 5.65 Å². The molecule has 1 saturated heterocycles. The number of amides is 2. The maximum absolute atomic E-state index is 13.5. The van der Waals surface area contributed by atoms with Crippen molar-refractivity contribution in [3.63, 3.8) is 0 Å². The summed E-state index contributed by atoms with van der Waals surface area (Å²) >= 11 is 6.28. The van der Waals surface area contributed by atoms with Crippen molar-refractivity contribution >= 4 is 29.1 Å². The zero-order chi connectivity index (χ0) is 21.6. The zero-order valence-corrected chi connectivity index (χ0v) is 17.3. The molecule has 0 bridgehead atoms. The fourth-order valence-electron chi connectivity index (χ4n) is 4.32. The van der Waals surface area contributed by atoms with Crippen molar-refractivity contribution in [2.75, 3.05) is 19.6 Å². The number of carbonyl (C=O) groups excluding carboxylic acids is 2. The van der Waals surface area contributed by atoms with E-state index in [1.165, 1.54) is 11.1 Å². The minimum Gasteiger partial charge on any atom is -0.336 e. The highest BCUT2D eigenvalue weighted by molar-refractivity contribution is 6.33. The van der Waals surface area contributed by atoms with Crippen molar-refractivity contribution in [3.05, 3.63) is 34.2 Å². The number of nitrogens with zero attached hydrogens (tertiary/aromatic N) is 4. The number of aromatic nitrogens is 2. The van der Waals surface area contributed by atoms with Crippen molar-refractivity contribution in [3.8, 4) is 0 Å². The normalized spacial score (nSPS) is 18.6. The van der Waals surface area contributed by atoms with Crippen LogP contribution < -0.4 is 0 Å². The topological polar surface area (TPSA) is 57.9 Å². The van der Waals surface area contributed by atoms with E-state index in [9.17, 15) is 22.8 Å². The van der Waals surface area contributed by atoms with Crippen LogP contribution >= 0.6 is 11.6 Å². The molecule has 0 N–H and O–H groups in total. The second kappa shape index (κ2) is 7.76. The molecule has 30 heavy (non-hydrogen) atoms. The van der Waals surface area contributed by atoms with E-state index in [2.05, 4.69) is 4.98 Å².